The average molecular weight is 454 g/mol. The van der Waals surface area contributed by atoms with Crippen molar-refractivity contribution in [3.05, 3.63) is 0 Å². The van der Waals surface area contributed by atoms with E-state index < -0.39 is 24.0 Å². The molecule has 1 aliphatic heterocycles. The van der Waals surface area contributed by atoms with Gasteiger partial charge in [-0.25, -0.2) is 0 Å². The van der Waals surface area contributed by atoms with E-state index in [9.17, 15) is 19.2 Å². The fraction of sp³-hybridized carbons (Fsp3) is 0.762. The van der Waals surface area contributed by atoms with Gasteiger partial charge in [0, 0.05) is 26.6 Å². The minimum Gasteiger partial charge on any atom is -0.370 e. The molecule has 0 aromatic heterocycles. The first-order valence-electron chi connectivity index (χ1n) is 11.3. The molecule has 0 radical (unpaired) electrons. The summed E-state index contributed by atoms with van der Waals surface area (Å²) in [6.07, 6.45) is 2.49. The molecule has 4 amide bonds. The second-order valence-corrected chi connectivity index (χ2v) is 8.48. The molecular formula is C21H39N7O4. The number of nitrogens with zero attached hydrogens (tertiary/aromatic N) is 2. The highest BCUT2D eigenvalue weighted by Gasteiger charge is 2.38. The number of likely N-dealkylation sites (tertiary alicyclic amines) is 1. The SMILES string of the molecule is CCNC(=O)[C@@H]1CCCN1C(=O)[C@H](CCCN=C(N)N)NC(=O)[C@@H](CC(C)C)NC(C)=O. The number of carbonyl (C=O) groups is 4. The molecule has 3 atom stereocenters. The molecule has 0 aromatic rings. The van der Waals surface area contributed by atoms with E-state index in [1.165, 1.54) is 11.8 Å². The number of carbonyl (C=O) groups excluding carboxylic acids is 4. The molecule has 1 heterocycles. The third-order valence-corrected chi connectivity index (χ3v) is 5.15. The van der Waals surface area contributed by atoms with E-state index in [0.717, 1.165) is 0 Å². The van der Waals surface area contributed by atoms with Crippen LogP contribution in [0.5, 0.6) is 0 Å². The summed E-state index contributed by atoms with van der Waals surface area (Å²) in [4.78, 5) is 55.8. The molecule has 0 aromatic carbocycles. The highest BCUT2D eigenvalue weighted by molar-refractivity contribution is 5.94. The van der Waals surface area contributed by atoms with Gasteiger partial charge >= 0.3 is 0 Å². The van der Waals surface area contributed by atoms with Gasteiger partial charge in [-0.05, 0) is 44.9 Å². The average Bonchev–Trinajstić information content (AvgIpc) is 3.18. The molecule has 1 saturated heterocycles. The number of aliphatic imine (C=N–C) groups is 1. The Bertz CT molecular complexity index is 692. The van der Waals surface area contributed by atoms with E-state index in [0.29, 0.717) is 51.7 Å². The number of rotatable bonds is 12. The van der Waals surface area contributed by atoms with Crippen LogP contribution in [0.25, 0.3) is 0 Å². The van der Waals surface area contributed by atoms with Crippen LogP contribution < -0.4 is 27.4 Å². The fourth-order valence-electron chi connectivity index (χ4n) is 3.78. The van der Waals surface area contributed by atoms with E-state index in [2.05, 4.69) is 20.9 Å². The van der Waals surface area contributed by atoms with Gasteiger partial charge in [-0.3, -0.25) is 24.2 Å². The highest BCUT2D eigenvalue weighted by Crippen LogP contribution is 2.20. The van der Waals surface area contributed by atoms with Crippen LogP contribution in [0.3, 0.4) is 0 Å². The van der Waals surface area contributed by atoms with E-state index in [1.807, 2.05) is 20.8 Å². The molecule has 0 saturated carbocycles. The topological polar surface area (TPSA) is 172 Å². The molecule has 0 aliphatic carbocycles. The van der Waals surface area contributed by atoms with Crippen LogP contribution in [0, 0.1) is 5.92 Å². The first-order chi connectivity index (χ1) is 15.1. The van der Waals surface area contributed by atoms with Crippen molar-refractivity contribution in [2.24, 2.45) is 22.4 Å². The molecule has 32 heavy (non-hydrogen) atoms. The van der Waals surface area contributed by atoms with Crippen molar-refractivity contribution < 1.29 is 19.2 Å². The van der Waals surface area contributed by atoms with Gasteiger partial charge in [0.15, 0.2) is 5.96 Å². The summed E-state index contributed by atoms with van der Waals surface area (Å²) in [5, 5.41) is 8.22. The lowest BCUT2D eigenvalue weighted by Crippen LogP contribution is -2.56. The quantitative estimate of drug-likeness (QED) is 0.147. The molecule has 0 bridgehead atoms. The first-order valence-corrected chi connectivity index (χ1v) is 11.3. The standard InChI is InChI=1S/C21H39N7O4/c1-5-24-19(31)17-9-7-11-28(17)20(32)15(8-6-10-25-21(22)23)27-18(30)16(12-13(2)3)26-14(4)29/h13,15-17H,5-12H2,1-4H3,(H,24,31)(H,26,29)(H,27,30)(H4,22,23,25)/t15-,16+,17-/m0/s1. The Morgan fingerprint density at radius 2 is 1.81 bits per heavy atom. The molecule has 11 heteroatoms. The number of nitrogens with two attached hydrogens (primary N) is 2. The molecular weight excluding hydrogens is 414 g/mol. The zero-order chi connectivity index (χ0) is 24.3. The summed E-state index contributed by atoms with van der Waals surface area (Å²) < 4.78 is 0. The van der Waals surface area contributed by atoms with Crippen molar-refractivity contribution in [3.8, 4) is 0 Å². The van der Waals surface area contributed by atoms with Gasteiger partial charge in [0.2, 0.25) is 23.6 Å². The maximum Gasteiger partial charge on any atom is 0.245 e. The maximum atomic E-state index is 13.4. The van der Waals surface area contributed by atoms with Crippen LogP contribution >= 0.6 is 0 Å². The van der Waals surface area contributed by atoms with Crippen molar-refractivity contribution in [1.29, 1.82) is 0 Å². The van der Waals surface area contributed by atoms with E-state index in [-0.39, 0.29) is 29.6 Å². The normalized spacial score (nSPS) is 17.4. The second-order valence-electron chi connectivity index (χ2n) is 8.48. The zero-order valence-electron chi connectivity index (χ0n) is 19.6. The Kier molecular flexibility index (Phi) is 11.5. The van der Waals surface area contributed by atoms with Gasteiger partial charge in [0.25, 0.3) is 0 Å². The van der Waals surface area contributed by atoms with Gasteiger partial charge in [0.05, 0.1) is 0 Å². The van der Waals surface area contributed by atoms with E-state index in [4.69, 9.17) is 11.5 Å². The molecule has 7 N–H and O–H groups in total. The van der Waals surface area contributed by atoms with Crippen LogP contribution in [0.4, 0.5) is 0 Å². The lowest BCUT2D eigenvalue weighted by atomic mass is 10.0. The van der Waals surface area contributed by atoms with Crippen LogP contribution in [0.15, 0.2) is 4.99 Å². The summed E-state index contributed by atoms with van der Waals surface area (Å²) in [7, 11) is 0. The summed E-state index contributed by atoms with van der Waals surface area (Å²) in [6, 6.07) is -2.16. The maximum absolute atomic E-state index is 13.4. The Labute approximate surface area is 190 Å². The van der Waals surface area contributed by atoms with E-state index in [1.54, 1.807) is 0 Å². The van der Waals surface area contributed by atoms with Crippen molar-refractivity contribution in [2.75, 3.05) is 19.6 Å². The van der Waals surface area contributed by atoms with Gasteiger partial charge in [-0.2, -0.15) is 0 Å². The summed E-state index contributed by atoms with van der Waals surface area (Å²) >= 11 is 0. The molecule has 0 unspecified atom stereocenters. The first kappa shape index (κ1) is 27.2. The molecule has 1 rings (SSSR count). The van der Waals surface area contributed by atoms with Crippen LogP contribution in [0.1, 0.15) is 59.8 Å². The smallest absolute Gasteiger partial charge is 0.245 e. The minimum atomic E-state index is -0.852. The third-order valence-electron chi connectivity index (χ3n) is 5.15. The van der Waals surface area contributed by atoms with Crippen LogP contribution in [0.2, 0.25) is 0 Å². The summed E-state index contributed by atoms with van der Waals surface area (Å²) in [6.45, 7) is 8.29. The predicted octanol–water partition coefficient (Wildman–Crippen LogP) is -0.797. The Morgan fingerprint density at radius 3 is 2.38 bits per heavy atom. The lowest BCUT2D eigenvalue weighted by molar-refractivity contribution is -0.142. The molecule has 1 fully saturated rings. The van der Waals surface area contributed by atoms with Crippen LogP contribution in [-0.2, 0) is 19.2 Å². The number of amides is 4. The van der Waals surface area contributed by atoms with Crippen molar-refractivity contribution in [1.82, 2.24) is 20.9 Å². The molecule has 182 valence electrons. The number of likely N-dealkylation sites (N-methyl/N-ethyl adjacent to an activating group) is 1. The summed E-state index contributed by atoms with van der Waals surface area (Å²) in [5.41, 5.74) is 10.7. The van der Waals surface area contributed by atoms with Gasteiger partial charge in [0.1, 0.15) is 18.1 Å². The number of hydrogen-bond acceptors (Lipinski definition) is 5. The predicted molar refractivity (Wildman–Crippen MR) is 122 cm³/mol. The Hall–Kier alpha value is -2.85. The number of hydrogen-bond donors (Lipinski definition) is 5. The minimum absolute atomic E-state index is 0.0459. The molecule has 11 nitrogen and oxygen atoms in total. The van der Waals surface area contributed by atoms with Gasteiger partial charge < -0.3 is 32.3 Å². The Balaban J connectivity index is 3.00. The molecule has 1 aliphatic rings. The van der Waals surface area contributed by atoms with Crippen molar-refractivity contribution in [3.63, 3.8) is 0 Å². The number of guanidine groups is 1. The largest absolute Gasteiger partial charge is 0.370 e. The Morgan fingerprint density at radius 1 is 1.12 bits per heavy atom. The number of nitrogens with one attached hydrogen (secondary N) is 3. The third kappa shape index (κ3) is 9.11. The van der Waals surface area contributed by atoms with E-state index >= 15 is 0 Å². The van der Waals surface area contributed by atoms with Gasteiger partial charge in [-0.15, -0.1) is 0 Å². The lowest BCUT2D eigenvalue weighted by Gasteiger charge is -2.30. The van der Waals surface area contributed by atoms with Gasteiger partial charge in [-0.1, -0.05) is 13.8 Å². The molecule has 0 spiro atoms. The van der Waals surface area contributed by atoms with Crippen LogP contribution in [-0.4, -0.2) is 72.2 Å². The fourth-order valence-corrected chi connectivity index (χ4v) is 3.78. The monoisotopic (exact) mass is 453 g/mol. The van der Waals surface area contributed by atoms with Crippen molar-refractivity contribution in [2.45, 2.75) is 77.9 Å². The second kappa shape index (κ2) is 13.5. The zero-order valence-corrected chi connectivity index (χ0v) is 19.6. The van der Waals surface area contributed by atoms with Crippen molar-refractivity contribution >= 4 is 29.6 Å². The summed E-state index contributed by atoms with van der Waals surface area (Å²) in [5.74, 6) is -1.15. The highest BCUT2D eigenvalue weighted by atomic mass is 16.2.